The molecule has 2 aliphatic heterocycles. The molecule has 0 aliphatic carbocycles. The quantitative estimate of drug-likeness (QED) is 0.646. The van der Waals surface area contributed by atoms with Crippen LogP contribution in [0.1, 0.15) is 43.4 Å². The number of halogens is 1. The minimum Gasteiger partial charge on any atom is -0.466 e. The second-order valence-corrected chi connectivity index (χ2v) is 8.22. The molecule has 1 saturated heterocycles. The summed E-state index contributed by atoms with van der Waals surface area (Å²) in [5.41, 5.74) is 2.14. The van der Waals surface area contributed by atoms with Gasteiger partial charge in [-0.3, -0.25) is 14.5 Å². The highest BCUT2D eigenvalue weighted by Crippen LogP contribution is 2.34. The smallest absolute Gasteiger partial charge is 0.310 e. The minimum atomic E-state index is -0.496. The fourth-order valence-electron chi connectivity index (χ4n) is 4.45. The third kappa shape index (κ3) is 4.88. The number of carbonyl (C=O) groups is 2. The van der Waals surface area contributed by atoms with E-state index in [0.717, 1.165) is 30.7 Å². The standard InChI is InChI=1S/C25H28FN3O3/c1-2-32-25(31)19-11-8-14-28(16-19)17-24(30)29-23(20-12-6-7-13-21(20)26)15-22(27-29)18-9-4-3-5-10-18/h3-7,9-10,12-13,19,23H,2,8,11,14-17H2,1H3. The maximum absolute atomic E-state index is 14.6. The second kappa shape index (κ2) is 10.0. The van der Waals surface area contributed by atoms with Gasteiger partial charge < -0.3 is 4.74 Å². The van der Waals surface area contributed by atoms with Crippen LogP contribution in [0, 0.1) is 11.7 Å². The molecule has 32 heavy (non-hydrogen) atoms. The summed E-state index contributed by atoms with van der Waals surface area (Å²) in [4.78, 5) is 27.5. The van der Waals surface area contributed by atoms with Crippen molar-refractivity contribution in [3.63, 3.8) is 0 Å². The van der Waals surface area contributed by atoms with Crippen molar-refractivity contribution in [2.75, 3.05) is 26.2 Å². The fraction of sp³-hybridized carbons (Fsp3) is 0.400. The Balaban J connectivity index is 1.54. The Hall–Kier alpha value is -3.06. The topological polar surface area (TPSA) is 62.2 Å². The number of nitrogens with zero attached hydrogens (tertiary/aromatic N) is 3. The Morgan fingerprint density at radius 3 is 2.62 bits per heavy atom. The molecule has 2 aromatic rings. The van der Waals surface area contributed by atoms with Gasteiger partial charge in [0.05, 0.1) is 30.8 Å². The highest BCUT2D eigenvalue weighted by atomic mass is 19.1. The predicted octanol–water partition coefficient (Wildman–Crippen LogP) is 3.78. The van der Waals surface area contributed by atoms with Crippen molar-refractivity contribution >= 4 is 17.6 Å². The molecule has 0 radical (unpaired) electrons. The number of hydrogen-bond donors (Lipinski definition) is 0. The van der Waals surface area contributed by atoms with Gasteiger partial charge in [-0.25, -0.2) is 9.40 Å². The Morgan fingerprint density at radius 2 is 1.88 bits per heavy atom. The predicted molar refractivity (Wildman–Crippen MR) is 119 cm³/mol. The molecule has 2 heterocycles. The van der Waals surface area contributed by atoms with Crippen LogP contribution in [-0.4, -0.2) is 53.7 Å². The van der Waals surface area contributed by atoms with Crippen LogP contribution in [-0.2, 0) is 14.3 Å². The van der Waals surface area contributed by atoms with Crippen molar-refractivity contribution in [3.8, 4) is 0 Å². The summed E-state index contributed by atoms with van der Waals surface area (Å²) in [6.45, 7) is 3.49. The molecule has 0 saturated carbocycles. The Bertz CT molecular complexity index is 995. The van der Waals surface area contributed by atoms with Crippen molar-refractivity contribution in [3.05, 3.63) is 71.5 Å². The number of likely N-dealkylation sites (tertiary alicyclic amines) is 1. The first-order valence-corrected chi connectivity index (χ1v) is 11.1. The SMILES string of the molecule is CCOC(=O)C1CCCN(CC(=O)N2N=C(c3ccccc3)CC2c2ccccc2F)C1. The number of benzene rings is 2. The number of piperidine rings is 1. The monoisotopic (exact) mass is 437 g/mol. The molecule has 0 aromatic heterocycles. The molecule has 6 nitrogen and oxygen atoms in total. The van der Waals surface area contributed by atoms with E-state index in [0.29, 0.717) is 25.1 Å². The third-order valence-corrected chi connectivity index (χ3v) is 6.02. The zero-order chi connectivity index (χ0) is 22.5. The number of carbonyl (C=O) groups excluding carboxylic acids is 2. The Kier molecular flexibility index (Phi) is 6.95. The third-order valence-electron chi connectivity index (χ3n) is 6.02. The number of hydrogen-bond acceptors (Lipinski definition) is 5. The summed E-state index contributed by atoms with van der Waals surface area (Å²) in [5, 5.41) is 6.05. The lowest BCUT2D eigenvalue weighted by atomic mass is 9.97. The number of amides is 1. The van der Waals surface area contributed by atoms with Crippen LogP contribution in [0.25, 0.3) is 0 Å². The van der Waals surface area contributed by atoms with Crippen LogP contribution in [0.5, 0.6) is 0 Å². The van der Waals surface area contributed by atoms with E-state index in [2.05, 4.69) is 5.10 Å². The van der Waals surface area contributed by atoms with Gasteiger partial charge >= 0.3 is 5.97 Å². The average molecular weight is 438 g/mol. The molecule has 2 aromatic carbocycles. The molecule has 1 fully saturated rings. The van der Waals surface area contributed by atoms with E-state index in [-0.39, 0.29) is 30.2 Å². The van der Waals surface area contributed by atoms with E-state index in [1.807, 2.05) is 35.2 Å². The van der Waals surface area contributed by atoms with Gasteiger partial charge in [-0.05, 0) is 37.9 Å². The van der Waals surface area contributed by atoms with Gasteiger partial charge in [-0.15, -0.1) is 0 Å². The van der Waals surface area contributed by atoms with Gasteiger partial charge in [0.1, 0.15) is 5.82 Å². The van der Waals surface area contributed by atoms with Crippen molar-refractivity contribution in [1.29, 1.82) is 0 Å². The van der Waals surface area contributed by atoms with Crippen LogP contribution >= 0.6 is 0 Å². The molecular formula is C25H28FN3O3. The lowest BCUT2D eigenvalue weighted by Gasteiger charge is -2.32. The minimum absolute atomic E-state index is 0.131. The zero-order valence-electron chi connectivity index (χ0n) is 18.2. The lowest BCUT2D eigenvalue weighted by Crippen LogP contribution is -2.45. The molecule has 168 valence electrons. The summed E-state index contributed by atoms with van der Waals surface area (Å²) < 4.78 is 19.8. The summed E-state index contributed by atoms with van der Waals surface area (Å²) >= 11 is 0. The van der Waals surface area contributed by atoms with Gasteiger partial charge in [-0.2, -0.15) is 5.10 Å². The molecule has 4 rings (SSSR count). The van der Waals surface area contributed by atoms with Gasteiger partial charge in [0.2, 0.25) is 0 Å². The highest BCUT2D eigenvalue weighted by molar-refractivity contribution is 6.03. The molecular weight excluding hydrogens is 409 g/mol. The Morgan fingerprint density at radius 1 is 1.12 bits per heavy atom. The first kappa shape index (κ1) is 22.1. The number of esters is 1. The molecule has 0 spiro atoms. The first-order valence-electron chi connectivity index (χ1n) is 11.1. The first-order chi connectivity index (χ1) is 15.6. The molecule has 1 amide bonds. The highest BCUT2D eigenvalue weighted by Gasteiger charge is 2.36. The van der Waals surface area contributed by atoms with Gasteiger partial charge in [0, 0.05) is 18.5 Å². The van der Waals surface area contributed by atoms with Crippen LogP contribution in [0.3, 0.4) is 0 Å². The van der Waals surface area contributed by atoms with Crippen molar-refractivity contribution in [2.24, 2.45) is 11.0 Å². The van der Waals surface area contributed by atoms with Crippen LogP contribution < -0.4 is 0 Å². The Labute approximate surface area is 187 Å². The summed E-state index contributed by atoms with van der Waals surface area (Å²) in [5.74, 6) is -0.978. The van der Waals surface area contributed by atoms with Crippen LogP contribution in [0.4, 0.5) is 4.39 Å². The van der Waals surface area contributed by atoms with Crippen molar-refractivity contribution in [2.45, 2.75) is 32.2 Å². The van der Waals surface area contributed by atoms with E-state index < -0.39 is 6.04 Å². The summed E-state index contributed by atoms with van der Waals surface area (Å²) in [6, 6.07) is 15.7. The van der Waals surface area contributed by atoms with Crippen molar-refractivity contribution < 1.29 is 18.7 Å². The lowest BCUT2D eigenvalue weighted by molar-refractivity contribution is -0.150. The van der Waals surface area contributed by atoms with E-state index in [1.54, 1.807) is 25.1 Å². The molecule has 0 bridgehead atoms. The zero-order valence-corrected chi connectivity index (χ0v) is 18.2. The molecule has 2 aliphatic rings. The summed E-state index contributed by atoms with van der Waals surface area (Å²) in [6.07, 6.45) is 2.04. The van der Waals surface area contributed by atoms with Gasteiger partial charge in [-0.1, -0.05) is 48.5 Å². The van der Waals surface area contributed by atoms with Gasteiger partial charge in [0.15, 0.2) is 0 Å². The van der Waals surface area contributed by atoms with Crippen LogP contribution in [0.15, 0.2) is 59.7 Å². The van der Waals surface area contributed by atoms with Crippen molar-refractivity contribution in [1.82, 2.24) is 9.91 Å². The fourth-order valence-corrected chi connectivity index (χ4v) is 4.45. The van der Waals surface area contributed by atoms with E-state index >= 15 is 0 Å². The largest absolute Gasteiger partial charge is 0.466 e. The van der Waals surface area contributed by atoms with Crippen LogP contribution in [0.2, 0.25) is 0 Å². The number of rotatable bonds is 6. The maximum atomic E-state index is 14.6. The average Bonchev–Trinajstić information content (AvgIpc) is 3.26. The normalized spacial score (nSPS) is 21.3. The maximum Gasteiger partial charge on any atom is 0.310 e. The van der Waals surface area contributed by atoms with Gasteiger partial charge in [0.25, 0.3) is 5.91 Å². The van der Waals surface area contributed by atoms with E-state index in [1.165, 1.54) is 11.1 Å². The second-order valence-electron chi connectivity index (χ2n) is 8.22. The number of ether oxygens (including phenoxy) is 1. The molecule has 2 unspecified atom stereocenters. The van der Waals surface area contributed by atoms with E-state index in [9.17, 15) is 14.0 Å². The molecule has 7 heteroatoms. The molecule has 2 atom stereocenters. The van der Waals surface area contributed by atoms with E-state index in [4.69, 9.17) is 4.74 Å². The number of hydrazone groups is 1. The molecule has 0 N–H and O–H groups in total. The summed E-state index contributed by atoms with van der Waals surface area (Å²) in [7, 11) is 0.